The summed E-state index contributed by atoms with van der Waals surface area (Å²) in [4.78, 5) is 44.2. The number of aryl methyl sites for hydroxylation is 1. The minimum absolute atomic E-state index is 0.102. The molecular weight excluding hydrogens is 332 g/mol. The zero-order valence-corrected chi connectivity index (χ0v) is 15.1. The number of para-hydroxylation sites is 1. The number of benzene rings is 2. The van der Waals surface area contributed by atoms with Crippen LogP contribution >= 0.6 is 0 Å². The number of hydrogen-bond donors (Lipinski definition) is 1. The van der Waals surface area contributed by atoms with Crippen molar-refractivity contribution in [1.29, 1.82) is 0 Å². The molecule has 0 radical (unpaired) electrons. The highest BCUT2D eigenvalue weighted by Gasteiger charge is 2.41. The third-order valence-electron chi connectivity index (χ3n) is 4.47. The molecule has 0 saturated heterocycles. The molecule has 1 heterocycles. The van der Waals surface area contributed by atoms with Crippen LogP contribution in [0.1, 0.15) is 62.0 Å². The predicted molar refractivity (Wildman–Crippen MR) is 97.3 cm³/mol. The minimum Gasteiger partial charge on any atom is -0.277 e. The van der Waals surface area contributed by atoms with Crippen molar-refractivity contribution >= 4 is 23.4 Å². The number of fused-ring (bicyclic) bond motifs is 1. The zero-order valence-electron chi connectivity index (χ0n) is 15.1. The van der Waals surface area contributed by atoms with E-state index in [0.29, 0.717) is 5.69 Å². The van der Waals surface area contributed by atoms with Crippen molar-refractivity contribution in [3.8, 4) is 0 Å². The van der Waals surface area contributed by atoms with E-state index in [2.05, 4.69) is 10.3 Å². The van der Waals surface area contributed by atoms with Gasteiger partial charge in [-0.3, -0.25) is 19.2 Å². The Morgan fingerprint density at radius 3 is 2.42 bits per heavy atom. The van der Waals surface area contributed by atoms with E-state index in [4.69, 9.17) is 0 Å². The van der Waals surface area contributed by atoms with Crippen LogP contribution in [0.4, 0.5) is 5.69 Å². The van der Waals surface area contributed by atoms with Gasteiger partial charge in [-0.05, 0) is 36.1 Å². The summed E-state index contributed by atoms with van der Waals surface area (Å²) < 4.78 is 0. The summed E-state index contributed by atoms with van der Waals surface area (Å²) in [5.41, 5.74) is 4.96. The van der Waals surface area contributed by atoms with Gasteiger partial charge in [-0.1, -0.05) is 38.1 Å². The van der Waals surface area contributed by atoms with Crippen LogP contribution in [0, 0.1) is 6.92 Å². The topological polar surface area (TPSA) is 75.7 Å². The van der Waals surface area contributed by atoms with E-state index in [9.17, 15) is 14.4 Å². The van der Waals surface area contributed by atoms with Crippen LogP contribution in [0.2, 0.25) is 0 Å². The van der Waals surface area contributed by atoms with E-state index in [0.717, 1.165) is 11.1 Å². The second kappa shape index (κ2) is 6.72. The number of carbonyl (C=O) groups is 3. The average molecular weight is 352 g/mol. The molecule has 0 bridgehead atoms. The molecule has 3 rings (SSSR count). The number of hydrogen-bond acceptors (Lipinski definition) is 4. The van der Waals surface area contributed by atoms with Crippen molar-refractivity contribution in [3.63, 3.8) is 0 Å². The van der Waals surface area contributed by atoms with Gasteiger partial charge in [0.25, 0.3) is 17.7 Å². The van der Waals surface area contributed by atoms with Crippen LogP contribution in [-0.2, 0) is 4.84 Å². The van der Waals surface area contributed by atoms with Gasteiger partial charge in [0.2, 0.25) is 0 Å². The number of nitrogens with one attached hydrogen (secondary N) is 1. The number of rotatable bonds is 4. The SMILES string of the molecule is CONC(=O)c1cccc2c1C(=O)N(c1c(C)cccc1C(C)C)C2=O. The summed E-state index contributed by atoms with van der Waals surface area (Å²) in [6.07, 6.45) is 0. The van der Waals surface area contributed by atoms with Crippen molar-refractivity contribution in [2.24, 2.45) is 0 Å². The highest BCUT2D eigenvalue weighted by Crippen LogP contribution is 2.37. The molecule has 0 fully saturated rings. The second-order valence-corrected chi connectivity index (χ2v) is 6.48. The van der Waals surface area contributed by atoms with Crippen molar-refractivity contribution < 1.29 is 19.2 Å². The van der Waals surface area contributed by atoms with Gasteiger partial charge in [0, 0.05) is 0 Å². The molecule has 2 aromatic rings. The first-order valence-electron chi connectivity index (χ1n) is 8.33. The molecule has 0 spiro atoms. The van der Waals surface area contributed by atoms with Crippen LogP contribution in [0.15, 0.2) is 36.4 Å². The molecule has 3 amide bonds. The van der Waals surface area contributed by atoms with E-state index in [1.165, 1.54) is 18.1 Å². The van der Waals surface area contributed by atoms with Gasteiger partial charge in [-0.2, -0.15) is 0 Å². The summed E-state index contributed by atoms with van der Waals surface area (Å²) in [6.45, 7) is 5.88. The highest BCUT2D eigenvalue weighted by atomic mass is 16.6. The van der Waals surface area contributed by atoms with Crippen LogP contribution in [-0.4, -0.2) is 24.8 Å². The Hall–Kier alpha value is -2.99. The monoisotopic (exact) mass is 352 g/mol. The lowest BCUT2D eigenvalue weighted by atomic mass is 9.97. The number of hydroxylamine groups is 1. The summed E-state index contributed by atoms with van der Waals surface area (Å²) in [5, 5.41) is 0. The van der Waals surface area contributed by atoms with Gasteiger partial charge in [-0.25, -0.2) is 10.4 Å². The van der Waals surface area contributed by atoms with Crippen LogP contribution < -0.4 is 10.4 Å². The third kappa shape index (κ3) is 2.68. The third-order valence-corrected chi connectivity index (χ3v) is 4.47. The Kier molecular flexibility index (Phi) is 4.61. The summed E-state index contributed by atoms with van der Waals surface area (Å²) in [6, 6.07) is 10.3. The first-order chi connectivity index (χ1) is 12.4. The number of amides is 3. The molecule has 1 aliphatic heterocycles. The quantitative estimate of drug-likeness (QED) is 0.677. The van der Waals surface area contributed by atoms with E-state index in [1.54, 1.807) is 12.1 Å². The van der Waals surface area contributed by atoms with Crippen molar-refractivity contribution in [1.82, 2.24) is 5.48 Å². The van der Waals surface area contributed by atoms with E-state index >= 15 is 0 Å². The molecule has 134 valence electrons. The summed E-state index contributed by atoms with van der Waals surface area (Å²) in [5.74, 6) is -1.36. The summed E-state index contributed by atoms with van der Waals surface area (Å²) >= 11 is 0. The van der Waals surface area contributed by atoms with Gasteiger partial charge < -0.3 is 0 Å². The van der Waals surface area contributed by atoms with Gasteiger partial charge >= 0.3 is 0 Å². The lowest BCUT2D eigenvalue weighted by Gasteiger charge is -2.22. The fourth-order valence-electron chi connectivity index (χ4n) is 3.28. The normalized spacial score (nSPS) is 13.3. The maximum Gasteiger partial charge on any atom is 0.275 e. The average Bonchev–Trinajstić information content (AvgIpc) is 2.86. The molecule has 6 heteroatoms. The van der Waals surface area contributed by atoms with E-state index in [-0.39, 0.29) is 22.6 Å². The fraction of sp³-hybridized carbons (Fsp3) is 0.250. The molecule has 0 unspecified atom stereocenters. The number of anilines is 1. The van der Waals surface area contributed by atoms with E-state index in [1.807, 2.05) is 39.0 Å². The van der Waals surface area contributed by atoms with Crippen LogP contribution in [0.3, 0.4) is 0 Å². The first-order valence-corrected chi connectivity index (χ1v) is 8.33. The number of carbonyl (C=O) groups excluding carboxylic acids is 3. The Balaban J connectivity index is 2.18. The molecule has 0 aliphatic carbocycles. The van der Waals surface area contributed by atoms with E-state index < -0.39 is 17.7 Å². The minimum atomic E-state index is -0.568. The molecule has 0 saturated carbocycles. The highest BCUT2D eigenvalue weighted by molar-refractivity contribution is 6.36. The molecule has 26 heavy (non-hydrogen) atoms. The van der Waals surface area contributed by atoms with Gasteiger partial charge in [-0.15, -0.1) is 0 Å². The van der Waals surface area contributed by atoms with Gasteiger partial charge in [0.1, 0.15) is 0 Å². The molecular formula is C20H20N2O4. The smallest absolute Gasteiger partial charge is 0.275 e. The largest absolute Gasteiger partial charge is 0.277 e. The van der Waals surface area contributed by atoms with Gasteiger partial charge in [0.15, 0.2) is 0 Å². The molecule has 1 aliphatic rings. The fourth-order valence-corrected chi connectivity index (χ4v) is 3.28. The van der Waals surface area contributed by atoms with Crippen molar-refractivity contribution in [3.05, 3.63) is 64.2 Å². The molecule has 1 N–H and O–H groups in total. The number of imide groups is 1. The second-order valence-electron chi connectivity index (χ2n) is 6.48. The number of nitrogens with zero attached hydrogens (tertiary/aromatic N) is 1. The predicted octanol–water partition coefficient (Wildman–Crippen LogP) is 3.21. The van der Waals surface area contributed by atoms with Gasteiger partial charge in [0.05, 0.1) is 29.5 Å². The lowest BCUT2D eigenvalue weighted by Crippen LogP contribution is -2.32. The Morgan fingerprint density at radius 2 is 1.77 bits per heavy atom. The Morgan fingerprint density at radius 1 is 1.08 bits per heavy atom. The molecule has 6 nitrogen and oxygen atoms in total. The maximum atomic E-state index is 13.1. The maximum absolute atomic E-state index is 13.1. The van der Waals surface area contributed by atoms with Crippen molar-refractivity contribution in [2.45, 2.75) is 26.7 Å². The molecule has 2 aromatic carbocycles. The Labute approximate surface area is 151 Å². The Bertz CT molecular complexity index is 918. The van der Waals surface area contributed by atoms with Crippen LogP contribution in [0.5, 0.6) is 0 Å². The summed E-state index contributed by atoms with van der Waals surface area (Å²) in [7, 11) is 1.31. The molecule has 0 aromatic heterocycles. The molecule has 0 atom stereocenters. The standard InChI is InChI=1S/C20H20N2O4/c1-11(2)13-8-5-7-12(3)17(13)22-19(24)15-10-6-9-14(16(15)20(22)25)18(23)21-26-4/h5-11H,1-4H3,(H,21,23). The lowest BCUT2D eigenvalue weighted by molar-refractivity contribution is 0.0535. The first kappa shape index (κ1) is 17.8. The zero-order chi connectivity index (χ0) is 19.0. The van der Waals surface area contributed by atoms with Crippen molar-refractivity contribution in [2.75, 3.05) is 12.0 Å². The van der Waals surface area contributed by atoms with Crippen LogP contribution in [0.25, 0.3) is 0 Å².